The van der Waals surface area contributed by atoms with E-state index in [4.69, 9.17) is 9.47 Å². The van der Waals surface area contributed by atoms with Gasteiger partial charge in [0.25, 0.3) is 0 Å². The molecule has 0 bridgehead atoms. The van der Waals surface area contributed by atoms with Crippen molar-refractivity contribution in [2.24, 2.45) is 0 Å². The normalized spacial score (nSPS) is 14.5. The summed E-state index contributed by atoms with van der Waals surface area (Å²) >= 11 is 0. The lowest BCUT2D eigenvalue weighted by atomic mass is 10.2. The number of carbonyl (C=O) groups excluding carboxylic acids is 1. The van der Waals surface area contributed by atoms with Crippen LogP contribution in [-0.4, -0.2) is 83.9 Å². The summed E-state index contributed by atoms with van der Waals surface area (Å²) in [6.45, 7) is 4.75. The molecule has 0 aliphatic carbocycles. The molecule has 0 atom stereocenters. The van der Waals surface area contributed by atoms with Crippen molar-refractivity contribution < 1.29 is 19.4 Å². The van der Waals surface area contributed by atoms with Gasteiger partial charge in [0.2, 0.25) is 11.8 Å². The van der Waals surface area contributed by atoms with E-state index in [9.17, 15) is 14.7 Å². The molecule has 0 saturated carbocycles. The van der Waals surface area contributed by atoms with Gasteiger partial charge in [-0.3, -0.25) is 14.3 Å². The van der Waals surface area contributed by atoms with Crippen LogP contribution < -0.4 is 20.5 Å². The number of hydrogen-bond donors (Lipinski definition) is 2. The maximum Gasteiger partial charge on any atom is 0.335 e. The molecular weight excluding hydrogens is 462 g/mol. The number of anilines is 1. The highest BCUT2D eigenvalue weighted by Crippen LogP contribution is 2.24. The predicted octanol–water partition coefficient (Wildman–Crippen LogP) is 1.79. The summed E-state index contributed by atoms with van der Waals surface area (Å²) in [5.74, 6) is 0.740. The van der Waals surface area contributed by atoms with Crippen molar-refractivity contribution in [2.45, 2.75) is 13.0 Å². The summed E-state index contributed by atoms with van der Waals surface area (Å²) in [4.78, 5) is 30.9. The Bertz CT molecular complexity index is 1230. The molecule has 2 heterocycles. The number of ether oxygens (including phenoxy) is 2. The number of hydrogen-bond acceptors (Lipinski definition) is 7. The van der Waals surface area contributed by atoms with Crippen LogP contribution in [0.5, 0.6) is 17.4 Å². The molecule has 0 radical (unpaired) electrons. The monoisotopic (exact) mass is 495 g/mol. The second kappa shape index (κ2) is 11.3. The first-order valence-corrected chi connectivity index (χ1v) is 11.9. The molecule has 1 amide bonds. The number of carbonyl (C=O) groups is 1. The Morgan fingerprint density at radius 2 is 1.50 bits per heavy atom. The van der Waals surface area contributed by atoms with Crippen molar-refractivity contribution in [3.63, 3.8) is 0 Å². The van der Waals surface area contributed by atoms with Gasteiger partial charge in [-0.15, -0.1) is 0 Å². The van der Waals surface area contributed by atoms with Crippen molar-refractivity contribution in [3.05, 3.63) is 64.7 Å². The summed E-state index contributed by atoms with van der Waals surface area (Å²) in [6, 6.07) is 13.8. The Morgan fingerprint density at radius 3 is 2.08 bits per heavy atom. The summed E-state index contributed by atoms with van der Waals surface area (Å²) < 4.78 is 13.1. The van der Waals surface area contributed by atoms with Crippen LogP contribution in [0.3, 0.4) is 0 Å². The van der Waals surface area contributed by atoms with Crippen molar-refractivity contribution in [1.29, 1.82) is 0 Å². The number of piperazine rings is 1. The van der Waals surface area contributed by atoms with E-state index in [-0.39, 0.29) is 29.6 Å². The van der Waals surface area contributed by atoms with Crippen LogP contribution in [0.4, 0.5) is 5.69 Å². The molecule has 1 aliphatic rings. The fourth-order valence-corrected chi connectivity index (χ4v) is 4.29. The van der Waals surface area contributed by atoms with Gasteiger partial charge in [0.15, 0.2) is 0 Å². The van der Waals surface area contributed by atoms with E-state index in [0.717, 1.165) is 26.2 Å². The molecule has 1 saturated heterocycles. The lowest BCUT2D eigenvalue weighted by Crippen LogP contribution is -2.46. The SMILES string of the molecule is COc1ccc(NC(=O)Cc2c(O)n(-c3ccc(OC)cc3)c(=O)n2CCN2CCN(C)CC2)cc1. The number of aromatic hydroxyl groups is 1. The highest BCUT2D eigenvalue weighted by atomic mass is 16.5. The minimum absolute atomic E-state index is 0.154. The van der Waals surface area contributed by atoms with Crippen molar-refractivity contribution in [1.82, 2.24) is 18.9 Å². The molecule has 2 N–H and O–H groups in total. The van der Waals surface area contributed by atoms with Crippen molar-refractivity contribution in [3.8, 4) is 23.1 Å². The number of methoxy groups -OCH3 is 2. The number of nitrogens with one attached hydrogen (secondary N) is 1. The molecule has 10 nitrogen and oxygen atoms in total. The number of likely N-dealkylation sites (N-methyl/N-ethyl adjacent to an activating group) is 1. The number of rotatable bonds is 9. The number of aromatic nitrogens is 2. The highest BCUT2D eigenvalue weighted by Gasteiger charge is 2.24. The molecule has 1 aliphatic heterocycles. The molecule has 36 heavy (non-hydrogen) atoms. The van der Waals surface area contributed by atoms with Crippen LogP contribution in [0.2, 0.25) is 0 Å². The number of amides is 1. The molecule has 1 fully saturated rings. The average molecular weight is 496 g/mol. The largest absolute Gasteiger partial charge is 0.497 e. The Hall–Kier alpha value is -3.76. The fraction of sp³-hybridized carbons (Fsp3) is 0.385. The van der Waals surface area contributed by atoms with Gasteiger partial charge in [-0.05, 0) is 55.6 Å². The first-order chi connectivity index (χ1) is 17.4. The average Bonchev–Trinajstić information content (AvgIpc) is 3.12. The van der Waals surface area contributed by atoms with E-state index in [2.05, 4.69) is 22.2 Å². The van der Waals surface area contributed by atoms with E-state index in [0.29, 0.717) is 36.0 Å². The Balaban J connectivity index is 1.60. The second-order valence-corrected chi connectivity index (χ2v) is 8.84. The minimum atomic E-state index is -0.390. The number of nitrogens with zero attached hydrogens (tertiary/aromatic N) is 4. The van der Waals surface area contributed by atoms with Gasteiger partial charge in [0.1, 0.15) is 11.5 Å². The van der Waals surface area contributed by atoms with E-state index in [1.165, 1.54) is 9.13 Å². The van der Waals surface area contributed by atoms with Gasteiger partial charge in [-0.1, -0.05) is 0 Å². The summed E-state index contributed by atoms with van der Waals surface area (Å²) in [7, 11) is 5.23. The molecule has 10 heteroatoms. The number of benzene rings is 2. The third-order valence-electron chi connectivity index (χ3n) is 6.49. The van der Waals surface area contributed by atoms with Crippen molar-refractivity contribution in [2.75, 3.05) is 59.3 Å². The first-order valence-electron chi connectivity index (χ1n) is 11.9. The number of imidazole rings is 1. The van der Waals surface area contributed by atoms with Crippen LogP contribution in [0.15, 0.2) is 53.3 Å². The van der Waals surface area contributed by atoms with E-state index in [1.54, 1.807) is 62.8 Å². The van der Waals surface area contributed by atoms with Crippen LogP contribution in [-0.2, 0) is 17.8 Å². The molecule has 0 unspecified atom stereocenters. The summed E-state index contributed by atoms with van der Waals surface area (Å²) in [6.07, 6.45) is -0.154. The Kier molecular flexibility index (Phi) is 7.97. The highest BCUT2D eigenvalue weighted by molar-refractivity contribution is 5.92. The lowest BCUT2D eigenvalue weighted by molar-refractivity contribution is -0.115. The van der Waals surface area contributed by atoms with E-state index >= 15 is 0 Å². The van der Waals surface area contributed by atoms with Crippen molar-refractivity contribution >= 4 is 11.6 Å². The third-order valence-corrected chi connectivity index (χ3v) is 6.49. The minimum Gasteiger partial charge on any atom is -0.497 e. The van der Waals surface area contributed by atoms with Crippen LogP contribution in [0, 0.1) is 0 Å². The fourth-order valence-electron chi connectivity index (χ4n) is 4.29. The quantitative estimate of drug-likeness (QED) is 0.467. The molecule has 3 aromatic rings. The Morgan fingerprint density at radius 1 is 0.917 bits per heavy atom. The molecule has 4 rings (SSSR count). The van der Waals surface area contributed by atoms with Crippen LogP contribution in [0.1, 0.15) is 5.69 Å². The molecule has 1 aromatic heterocycles. The zero-order chi connectivity index (χ0) is 25.7. The van der Waals surface area contributed by atoms with Gasteiger partial charge in [-0.2, -0.15) is 0 Å². The van der Waals surface area contributed by atoms with Gasteiger partial charge in [0, 0.05) is 45.0 Å². The van der Waals surface area contributed by atoms with Crippen LogP contribution >= 0.6 is 0 Å². The van der Waals surface area contributed by atoms with Gasteiger partial charge in [0.05, 0.1) is 32.0 Å². The van der Waals surface area contributed by atoms with E-state index in [1.807, 2.05) is 0 Å². The van der Waals surface area contributed by atoms with Gasteiger partial charge in [-0.25, -0.2) is 9.36 Å². The third kappa shape index (κ3) is 5.72. The van der Waals surface area contributed by atoms with E-state index < -0.39 is 0 Å². The smallest absolute Gasteiger partial charge is 0.335 e. The molecular formula is C26H33N5O5. The first kappa shape index (κ1) is 25.3. The predicted molar refractivity (Wildman–Crippen MR) is 138 cm³/mol. The standard InChI is InChI=1S/C26H33N5O5/c1-28-12-14-29(15-13-28)16-17-30-23(18-24(32)27-19-4-8-21(35-2)9-5-19)25(33)31(26(30)34)20-6-10-22(36-3)11-7-20/h4-11,33H,12-18H2,1-3H3,(H,27,32). The summed E-state index contributed by atoms with van der Waals surface area (Å²) in [5.41, 5.74) is 0.977. The topological polar surface area (TPSA) is 101 Å². The van der Waals surface area contributed by atoms with Crippen LogP contribution in [0.25, 0.3) is 5.69 Å². The zero-order valence-corrected chi connectivity index (χ0v) is 20.9. The second-order valence-electron chi connectivity index (χ2n) is 8.84. The molecule has 2 aromatic carbocycles. The summed E-state index contributed by atoms with van der Waals surface area (Å²) in [5, 5.41) is 13.9. The molecule has 192 valence electrons. The van der Waals surface area contributed by atoms with Gasteiger partial charge >= 0.3 is 5.69 Å². The maximum atomic E-state index is 13.5. The molecule has 0 spiro atoms. The zero-order valence-electron chi connectivity index (χ0n) is 20.9. The lowest BCUT2D eigenvalue weighted by Gasteiger charge is -2.32. The maximum absolute atomic E-state index is 13.5. The van der Waals surface area contributed by atoms with Gasteiger partial charge < -0.3 is 24.8 Å². The Labute approximate surface area is 210 Å².